The van der Waals surface area contributed by atoms with E-state index in [-0.39, 0.29) is 11.6 Å². The number of aromatic nitrogens is 1. The first-order valence-corrected chi connectivity index (χ1v) is 7.12. The molecule has 0 unspecified atom stereocenters. The average Bonchev–Trinajstić information content (AvgIpc) is 2.83. The molecule has 0 aliphatic carbocycles. The Hall–Kier alpha value is -1.79. The van der Waals surface area contributed by atoms with Crippen molar-refractivity contribution in [1.82, 2.24) is 4.98 Å². The molecule has 0 aliphatic rings. The molecule has 0 amide bonds. The molecule has 108 valence electrons. The van der Waals surface area contributed by atoms with Crippen molar-refractivity contribution < 1.29 is 13.5 Å². The van der Waals surface area contributed by atoms with Gasteiger partial charge in [0.25, 0.3) is 0 Å². The van der Waals surface area contributed by atoms with E-state index in [0.29, 0.717) is 32.9 Å². The van der Waals surface area contributed by atoms with Crippen LogP contribution in [0.1, 0.15) is 5.89 Å². The molecule has 0 aliphatic heterocycles. The lowest BCUT2D eigenvalue weighted by atomic mass is 10.3. The Morgan fingerprint density at radius 2 is 2.14 bits per heavy atom. The van der Waals surface area contributed by atoms with E-state index in [1.165, 1.54) is 12.1 Å². The van der Waals surface area contributed by atoms with Crippen LogP contribution in [0.2, 0.25) is 5.02 Å². The van der Waals surface area contributed by atoms with Crippen LogP contribution in [0.3, 0.4) is 0 Å². The number of nitrogens with two attached hydrogens (primary N) is 1. The molecule has 0 bridgehead atoms. The smallest absolute Gasteiger partial charge is 0.233 e. The zero-order valence-corrected chi connectivity index (χ0v) is 12.9. The summed E-state index contributed by atoms with van der Waals surface area (Å²) >= 11 is 8.92. The van der Waals surface area contributed by atoms with E-state index in [2.05, 4.69) is 20.9 Å². The van der Waals surface area contributed by atoms with Crippen LogP contribution in [-0.2, 0) is 6.61 Å². The average molecular weight is 372 g/mol. The van der Waals surface area contributed by atoms with Gasteiger partial charge in [-0.15, -0.1) is 0 Å². The Labute approximate surface area is 132 Å². The SMILES string of the molecule is Nc1ccc2oc(COc3cc(F)c(Cl)cc3Br)nc2c1. The third-order valence-corrected chi connectivity index (χ3v) is 3.69. The van der Waals surface area contributed by atoms with Crippen LogP contribution in [0.4, 0.5) is 10.1 Å². The van der Waals surface area contributed by atoms with Crippen LogP contribution in [0.5, 0.6) is 5.75 Å². The van der Waals surface area contributed by atoms with Crippen molar-refractivity contribution in [1.29, 1.82) is 0 Å². The number of ether oxygens (including phenoxy) is 1. The number of benzene rings is 2. The van der Waals surface area contributed by atoms with Gasteiger partial charge in [0, 0.05) is 11.8 Å². The summed E-state index contributed by atoms with van der Waals surface area (Å²) in [4.78, 5) is 4.25. The van der Waals surface area contributed by atoms with Gasteiger partial charge in [-0.1, -0.05) is 11.6 Å². The number of oxazole rings is 1. The highest BCUT2D eigenvalue weighted by Gasteiger charge is 2.11. The molecular weight excluding hydrogens is 363 g/mol. The van der Waals surface area contributed by atoms with Gasteiger partial charge in [0.1, 0.15) is 17.1 Å². The second kappa shape index (κ2) is 5.54. The van der Waals surface area contributed by atoms with Gasteiger partial charge in [-0.3, -0.25) is 0 Å². The van der Waals surface area contributed by atoms with Crippen molar-refractivity contribution >= 4 is 44.3 Å². The van der Waals surface area contributed by atoms with Gasteiger partial charge < -0.3 is 14.9 Å². The van der Waals surface area contributed by atoms with Crippen LogP contribution in [0.25, 0.3) is 11.1 Å². The summed E-state index contributed by atoms with van der Waals surface area (Å²) in [6.45, 7) is 0.0637. The summed E-state index contributed by atoms with van der Waals surface area (Å²) in [6.07, 6.45) is 0. The van der Waals surface area contributed by atoms with Crippen molar-refractivity contribution in [3.05, 3.63) is 51.5 Å². The van der Waals surface area contributed by atoms with Crippen molar-refractivity contribution in [2.75, 3.05) is 5.73 Å². The van der Waals surface area contributed by atoms with E-state index in [4.69, 9.17) is 26.5 Å². The summed E-state index contributed by atoms with van der Waals surface area (Å²) < 4.78 is 25.0. The standard InChI is InChI=1S/C14H9BrClFN2O2/c15-8-4-9(16)10(17)5-13(8)20-6-14-19-11-3-7(18)1-2-12(11)21-14/h1-5H,6,18H2. The Kier molecular flexibility index (Phi) is 3.73. The number of nitrogens with zero attached hydrogens (tertiary/aromatic N) is 1. The van der Waals surface area contributed by atoms with Gasteiger partial charge in [-0.25, -0.2) is 9.37 Å². The number of anilines is 1. The number of fused-ring (bicyclic) bond motifs is 1. The van der Waals surface area contributed by atoms with Gasteiger partial charge >= 0.3 is 0 Å². The molecule has 0 radical (unpaired) electrons. The maximum absolute atomic E-state index is 13.4. The minimum Gasteiger partial charge on any atom is -0.483 e. The molecule has 4 nitrogen and oxygen atoms in total. The zero-order chi connectivity index (χ0) is 15.0. The predicted molar refractivity (Wildman–Crippen MR) is 81.9 cm³/mol. The topological polar surface area (TPSA) is 61.3 Å². The number of nitrogen functional groups attached to an aromatic ring is 1. The minimum absolute atomic E-state index is 0.0200. The fourth-order valence-corrected chi connectivity index (χ4v) is 2.56. The van der Waals surface area contributed by atoms with Crippen LogP contribution in [0, 0.1) is 5.82 Å². The van der Waals surface area contributed by atoms with E-state index in [9.17, 15) is 4.39 Å². The molecular formula is C14H9BrClFN2O2. The van der Waals surface area contributed by atoms with Crippen molar-refractivity contribution in [3.63, 3.8) is 0 Å². The lowest BCUT2D eigenvalue weighted by Gasteiger charge is -2.06. The summed E-state index contributed by atoms with van der Waals surface area (Å²) in [7, 11) is 0. The van der Waals surface area contributed by atoms with E-state index in [1.54, 1.807) is 18.2 Å². The maximum Gasteiger partial charge on any atom is 0.233 e. The van der Waals surface area contributed by atoms with E-state index in [1.807, 2.05) is 0 Å². The predicted octanol–water partition coefficient (Wildman–Crippen LogP) is 4.54. The molecule has 2 N–H and O–H groups in total. The fraction of sp³-hybridized carbons (Fsp3) is 0.0714. The second-order valence-electron chi connectivity index (χ2n) is 4.32. The first-order valence-electron chi connectivity index (χ1n) is 5.95. The molecule has 21 heavy (non-hydrogen) atoms. The molecule has 0 saturated carbocycles. The van der Waals surface area contributed by atoms with Crippen LogP contribution in [0.15, 0.2) is 39.2 Å². The van der Waals surface area contributed by atoms with E-state index < -0.39 is 5.82 Å². The second-order valence-corrected chi connectivity index (χ2v) is 5.58. The molecule has 1 heterocycles. The molecule has 3 rings (SSSR count). The number of halogens is 3. The zero-order valence-electron chi connectivity index (χ0n) is 10.6. The first-order chi connectivity index (χ1) is 10.0. The Morgan fingerprint density at radius 1 is 1.33 bits per heavy atom. The number of hydrogen-bond donors (Lipinski definition) is 1. The third kappa shape index (κ3) is 2.96. The number of hydrogen-bond acceptors (Lipinski definition) is 4. The number of rotatable bonds is 3. The first kappa shape index (κ1) is 14.2. The van der Waals surface area contributed by atoms with E-state index >= 15 is 0 Å². The summed E-state index contributed by atoms with van der Waals surface area (Å²) in [5, 5.41) is 0.0200. The highest BCUT2D eigenvalue weighted by molar-refractivity contribution is 9.10. The summed E-state index contributed by atoms with van der Waals surface area (Å²) in [5.74, 6) is 0.136. The highest BCUT2D eigenvalue weighted by atomic mass is 79.9. The van der Waals surface area contributed by atoms with Crippen LogP contribution < -0.4 is 10.5 Å². The molecule has 0 atom stereocenters. The minimum atomic E-state index is -0.555. The van der Waals surface area contributed by atoms with Gasteiger partial charge in [0.05, 0.1) is 9.50 Å². The molecule has 0 spiro atoms. The third-order valence-electron chi connectivity index (χ3n) is 2.78. The van der Waals surface area contributed by atoms with Crippen LogP contribution >= 0.6 is 27.5 Å². The molecule has 0 fully saturated rings. The Morgan fingerprint density at radius 3 is 2.95 bits per heavy atom. The molecule has 0 saturated heterocycles. The van der Waals surface area contributed by atoms with Crippen molar-refractivity contribution in [3.8, 4) is 5.75 Å². The maximum atomic E-state index is 13.4. The lowest BCUT2D eigenvalue weighted by molar-refractivity contribution is 0.264. The largest absolute Gasteiger partial charge is 0.483 e. The lowest BCUT2D eigenvalue weighted by Crippen LogP contribution is -1.97. The van der Waals surface area contributed by atoms with E-state index in [0.717, 1.165) is 0 Å². The van der Waals surface area contributed by atoms with Gasteiger partial charge in [-0.05, 0) is 40.2 Å². The van der Waals surface area contributed by atoms with Gasteiger partial charge in [0.2, 0.25) is 5.89 Å². The van der Waals surface area contributed by atoms with Crippen molar-refractivity contribution in [2.45, 2.75) is 6.61 Å². The van der Waals surface area contributed by atoms with Gasteiger partial charge in [0.15, 0.2) is 12.2 Å². The Bertz CT molecular complexity index is 822. The Balaban J connectivity index is 1.81. The molecule has 2 aromatic carbocycles. The highest BCUT2D eigenvalue weighted by Crippen LogP contribution is 2.31. The quantitative estimate of drug-likeness (QED) is 0.542. The summed E-state index contributed by atoms with van der Waals surface area (Å²) in [6, 6.07) is 7.80. The molecule has 1 aromatic heterocycles. The fourth-order valence-electron chi connectivity index (χ4n) is 1.81. The van der Waals surface area contributed by atoms with Gasteiger partial charge in [-0.2, -0.15) is 0 Å². The van der Waals surface area contributed by atoms with Crippen LogP contribution in [-0.4, -0.2) is 4.98 Å². The molecule has 3 aromatic rings. The molecule has 7 heteroatoms. The van der Waals surface area contributed by atoms with Crippen molar-refractivity contribution in [2.24, 2.45) is 0 Å². The monoisotopic (exact) mass is 370 g/mol. The normalized spacial score (nSPS) is 11.0. The summed E-state index contributed by atoms with van der Waals surface area (Å²) in [5.41, 5.74) is 7.54.